The molecule has 1 aliphatic rings. The molecule has 2 N–H and O–H groups in total. The van der Waals surface area contributed by atoms with Gasteiger partial charge in [0.2, 0.25) is 12.2 Å². The third-order valence-electron chi connectivity index (χ3n) is 9.93. The molecule has 1 fully saturated rings. The second-order valence-electron chi connectivity index (χ2n) is 15.0. The van der Waals surface area contributed by atoms with Crippen molar-refractivity contribution in [2.75, 3.05) is 40.6 Å². The molecule has 1 amide bonds. The lowest BCUT2D eigenvalue weighted by atomic mass is 9.96. The Hall–Kier alpha value is -1.89. The van der Waals surface area contributed by atoms with E-state index in [2.05, 4.69) is 44.5 Å². The third kappa shape index (κ3) is 25.4. The number of carbonyl (C=O) groups excluding carboxylic acids is 1. The molecule has 0 aromatic heterocycles. The lowest BCUT2D eigenvalue weighted by molar-refractivity contribution is -0.256. The molecule has 6 atom stereocenters. The standard InChI is InChI=1S/C44H81N2O10P/c1-8-12-14-16-17-18-19-20-21-22-23-24-25-27-29-31-40(47)46-41-43(51-35-32-38(50-7)30-28-26-15-13-9-2)42(39(36-49-6)55-44(41)54-37(5)45)56-57(48,52-33-10-3)53-34-11-4/h10-11,18-19,38-39,41-45H,3-4,8-9,12-17,20-36H2,1-2,5-7H3,(H,46,47)/b19-18-,45-37?/t38-,39?,41?,42?,43?,44?/m1/s1. The van der Waals surface area contributed by atoms with Crippen molar-refractivity contribution < 1.29 is 46.6 Å². The average molecular weight is 829 g/mol. The zero-order valence-corrected chi connectivity index (χ0v) is 37.3. The number of carbonyl (C=O) groups is 1. The molecule has 0 spiro atoms. The van der Waals surface area contributed by atoms with Crippen LogP contribution in [0.1, 0.15) is 156 Å². The number of hydrogen-bond acceptors (Lipinski definition) is 11. The maximum Gasteiger partial charge on any atom is 0.475 e. The topological polar surface area (TPSA) is 144 Å². The van der Waals surface area contributed by atoms with Gasteiger partial charge in [-0.1, -0.05) is 122 Å². The summed E-state index contributed by atoms with van der Waals surface area (Å²) in [5.41, 5.74) is 0. The molecule has 1 saturated heterocycles. The number of nitrogens with one attached hydrogen (secondary N) is 2. The second kappa shape index (κ2) is 34.9. The molecule has 5 unspecified atom stereocenters. The van der Waals surface area contributed by atoms with Crippen molar-refractivity contribution in [1.82, 2.24) is 5.32 Å². The highest BCUT2D eigenvalue weighted by Gasteiger charge is 2.52. The van der Waals surface area contributed by atoms with Gasteiger partial charge < -0.3 is 29.0 Å². The number of amides is 1. The molecule has 1 heterocycles. The Morgan fingerprint density at radius 3 is 1.93 bits per heavy atom. The Balaban J connectivity index is 3.05. The number of ether oxygens (including phenoxy) is 5. The van der Waals surface area contributed by atoms with Crippen molar-refractivity contribution in [2.24, 2.45) is 0 Å². The van der Waals surface area contributed by atoms with E-state index in [9.17, 15) is 9.36 Å². The minimum absolute atomic E-state index is 0.000695. The molecule has 0 aromatic carbocycles. The number of unbranched alkanes of at least 4 members (excludes halogenated alkanes) is 15. The molecule has 0 aromatic rings. The van der Waals surface area contributed by atoms with Crippen LogP contribution in [0.3, 0.4) is 0 Å². The molecule has 0 saturated carbocycles. The molecule has 0 radical (unpaired) electrons. The summed E-state index contributed by atoms with van der Waals surface area (Å²) in [4.78, 5) is 13.6. The Kier molecular flexibility index (Phi) is 32.5. The first kappa shape index (κ1) is 53.1. The van der Waals surface area contributed by atoms with E-state index in [0.717, 1.165) is 51.4 Å². The van der Waals surface area contributed by atoms with Crippen LogP contribution in [0.5, 0.6) is 0 Å². The molecule has 0 bridgehead atoms. The summed E-state index contributed by atoms with van der Waals surface area (Å²) < 4.78 is 61.3. The molecular weight excluding hydrogens is 747 g/mol. The summed E-state index contributed by atoms with van der Waals surface area (Å²) in [6.45, 7) is 13.3. The van der Waals surface area contributed by atoms with Gasteiger partial charge in [0.1, 0.15) is 24.4 Å². The van der Waals surface area contributed by atoms with Crippen LogP contribution in [0.15, 0.2) is 37.5 Å². The van der Waals surface area contributed by atoms with E-state index >= 15 is 0 Å². The maximum atomic E-state index is 14.0. The van der Waals surface area contributed by atoms with E-state index in [4.69, 9.17) is 42.7 Å². The Labute approximate surface area is 346 Å². The molecule has 1 aliphatic heterocycles. The number of rotatable bonds is 38. The largest absolute Gasteiger partial charge is 0.475 e. The van der Waals surface area contributed by atoms with Gasteiger partial charge in [0.15, 0.2) is 5.90 Å². The SMILES string of the molecule is C=CCOP(=O)(OCC=C)OC1C(COC)OC(OC(C)=N)C(NC(=O)CCCCCCCCC/C=C\CCCCCC)C1OCC[C@@H](CCCCCCC)OC. The second-order valence-corrected chi connectivity index (χ2v) is 16.6. The smallest absolute Gasteiger partial charge is 0.450 e. The van der Waals surface area contributed by atoms with Crippen LogP contribution in [-0.2, 0) is 46.6 Å². The zero-order chi connectivity index (χ0) is 42.0. The monoisotopic (exact) mass is 829 g/mol. The zero-order valence-electron chi connectivity index (χ0n) is 36.4. The van der Waals surface area contributed by atoms with Crippen molar-refractivity contribution in [3.05, 3.63) is 37.5 Å². The predicted molar refractivity (Wildman–Crippen MR) is 230 cm³/mol. The average Bonchev–Trinajstić information content (AvgIpc) is 3.19. The normalized spacial score (nSPS) is 20.4. The van der Waals surface area contributed by atoms with Crippen LogP contribution in [0.4, 0.5) is 0 Å². The molecule has 0 aliphatic carbocycles. The fourth-order valence-corrected chi connectivity index (χ4v) is 8.12. The first-order valence-corrected chi connectivity index (χ1v) is 23.4. The van der Waals surface area contributed by atoms with E-state index in [1.54, 1.807) is 7.11 Å². The summed E-state index contributed by atoms with van der Waals surface area (Å²) in [6, 6.07) is -0.941. The Morgan fingerprint density at radius 1 is 0.807 bits per heavy atom. The van der Waals surface area contributed by atoms with Crippen molar-refractivity contribution in [3.63, 3.8) is 0 Å². The van der Waals surface area contributed by atoms with Crippen LogP contribution in [-0.4, -0.2) is 89.2 Å². The molecule has 1 rings (SSSR count). The third-order valence-corrected chi connectivity index (χ3v) is 11.4. The molecule has 332 valence electrons. The predicted octanol–water partition coefficient (Wildman–Crippen LogP) is 10.9. The number of phosphoric ester groups is 1. The summed E-state index contributed by atoms with van der Waals surface area (Å²) in [7, 11) is -1.03. The van der Waals surface area contributed by atoms with Gasteiger partial charge in [0.25, 0.3) is 0 Å². The quantitative estimate of drug-likeness (QED) is 0.0203. The van der Waals surface area contributed by atoms with Crippen LogP contribution in [0.2, 0.25) is 0 Å². The van der Waals surface area contributed by atoms with Crippen molar-refractivity contribution in [2.45, 2.75) is 192 Å². The van der Waals surface area contributed by atoms with E-state index in [0.29, 0.717) is 12.8 Å². The molecule has 13 heteroatoms. The van der Waals surface area contributed by atoms with Gasteiger partial charge in [-0.05, 0) is 44.9 Å². The molecular formula is C44H81N2O10P. The van der Waals surface area contributed by atoms with Crippen LogP contribution in [0, 0.1) is 5.41 Å². The minimum atomic E-state index is -4.24. The maximum absolute atomic E-state index is 14.0. The Bertz CT molecular complexity index is 1110. The summed E-state index contributed by atoms with van der Waals surface area (Å²) in [5.74, 6) is -0.321. The van der Waals surface area contributed by atoms with Crippen LogP contribution in [0.25, 0.3) is 0 Å². The van der Waals surface area contributed by atoms with Gasteiger partial charge in [-0.3, -0.25) is 23.8 Å². The van der Waals surface area contributed by atoms with E-state index in [1.165, 1.54) is 96.8 Å². The molecule has 57 heavy (non-hydrogen) atoms. The van der Waals surface area contributed by atoms with Gasteiger partial charge in [-0.2, -0.15) is 0 Å². The summed E-state index contributed by atoms with van der Waals surface area (Å²) in [6.07, 6.45) is 26.1. The van der Waals surface area contributed by atoms with Crippen LogP contribution >= 0.6 is 7.82 Å². The first-order chi connectivity index (χ1) is 27.7. The highest BCUT2D eigenvalue weighted by atomic mass is 31.2. The van der Waals surface area contributed by atoms with Gasteiger partial charge >= 0.3 is 7.82 Å². The van der Waals surface area contributed by atoms with Crippen molar-refractivity contribution >= 4 is 19.6 Å². The Morgan fingerprint density at radius 2 is 1.37 bits per heavy atom. The fraction of sp³-hybridized carbons (Fsp3) is 0.818. The minimum Gasteiger partial charge on any atom is -0.450 e. The number of methoxy groups -OCH3 is 2. The van der Waals surface area contributed by atoms with Gasteiger partial charge in [-0.25, -0.2) is 4.57 Å². The summed E-state index contributed by atoms with van der Waals surface area (Å²) in [5, 5.41) is 11.2. The lowest BCUT2D eigenvalue weighted by Gasteiger charge is -2.46. The van der Waals surface area contributed by atoms with Crippen LogP contribution < -0.4 is 5.32 Å². The highest BCUT2D eigenvalue weighted by molar-refractivity contribution is 7.48. The highest BCUT2D eigenvalue weighted by Crippen LogP contribution is 2.52. The number of phosphoric acid groups is 1. The fourth-order valence-electron chi connectivity index (χ4n) is 6.80. The van der Waals surface area contributed by atoms with E-state index in [1.807, 2.05) is 0 Å². The van der Waals surface area contributed by atoms with Gasteiger partial charge in [0.05, 0.1) is 25.9 Å². The lowest BCUT2D eigenvalue weighted by Crippen LogP contribution is -2.66. The molecule has 12 nitrogen and oxygen atoms in total. The number of allylic oxidation sites excluding steroid dienone is 2. The van der Waals surface area contributed by atoms with Gasteiger partial charge in [-0.15, -0.1) is 13.2 Å². The first-order valence-electron chi connectivity index (χ1n) is 21.9. The summed E-state index contributed by atoms with van der Waals surface area (Å²) >= 11 is 0. The van der Waals surface area contributed by atoms with E-state index < -0.39 is 38.5 Å². The van der Waals surface area contributed by atoms with E-state index in [-0.39, 0.29) is 44.3 Å². The van der Waals surface area contributed by atoms with Gasteiger partial charge in [0, 0.05) is 34.2 Å². The van der Waals surface area contributed by atoms with Crippen molar-refractivity contribution in [1.29, 1.82) is 5.41 Å². The number of hydrogen-bond donors (Lipinski definition) is 2. The van der Waals surface area contributed by atoms with Crippen molar-refractivity contribution in [3.8, 4) is 0 Å².